The number of Topliss-reactive ketones (excluding diaryl/α,β-unsaturated/α-hetero) is 1. The van der Waals surface area contributed by atoms with Crippen molar-refractivity contribution in [2.24, 2.45) is 10.8 Å². The van der Waals surface area contributed by atoms with Gasteiger partial charge >= 0.3 is 0 Å². The molecule has 1 aromatic rings. The summed E-state index contributed by atoms with van der Waals surface area (Å²) in [6.07, 6.45) is 0. The van der Waals surface area contributed by atoms with Crippen molar-refractivity contribution >= 4 is 21.7 Å². The maximum atomic E-state index is 12.1. The zero-order valence-corrected chi connectivity index (χ0v) is 12.1. The molecule has 92 valence electrons. The first-order chi connectivity index (χ1) is 7.65. The minimum absolute atomic E-state index is 0.107. The number of carbonyl (C=O) groups is 1. The molecule has 0 unspecified atom stereocenters. The number of carbonyl (C=O) groups excluding carboxylic acids is 1. The first kappa shape index (κ1) is 12.8. The van der Waals surface area contributed by atoms with E-state index < -0.39 is 16.4 Å². The smallest absolute Gasteiger partial charge is 0.150 e. The van der Waals surface area contributed by atoms with Crippen LogP contribution in [0.3, 0.4) is 0 Å². The predicted octanol–water partition coefficient (Wildman–Crippen LogP) is 3.27. The van der Waals surface area contributed by atoms with Crippen molar-refractivity contribution in [2.75, 3.05) is 0 Å². The number of aliphatic hydroxyl groups is 1. The number of halogens is 1. The molecule has 0 radical (unpaired) electrons. The molecule has 1 N–H and O–H groups in total. The van der Waals surface area contributed by atoms with Crippen molar-refractivity contribution in [3.8, 4) is 0 Å². The van der Waals surface area contributed by atoms with Gasteiger partial charge in [0.1, 0.15) is 5.60 Å². The van der Waals surface area contributed by atoms with E-state index in [1.807, 2.05) is 52.0 Å². The molecule has 0 heterocycles. The van der Waals surface area contributed by atoms with E-state index in [-0.39, 0.29) is 5.78 Å². The third kappa shape index (κ3) is 1.33. The highest BCUT2D eigenvalue weighted by molar-refractivity contribution is 9.10. The van der Waals surface area contributed by atoms with Gasteiger partial charge in [0.15, 0.2) is 5.78 Å². The first-order valence-electron chi connectivity index (χ1n) is 5.69. The Morgan fingerprint density at radius 2 is 1.41 bits per heavy atom. The second kappa shape index (κ2) is 3.42. The van der Waals surface area contributed by atoms with Gasteiger partial charge in [-0.25, -0.2) is 0 Å². The number of hydrogen-bond acceptors (Lipinski definition) is 2. The second-order valence-electron chi connectivity index (χ2n) is 5.80. The van der Waals surface area contributed by atoms with Crippen molar-refractivity contribution in [1.29, 1.82) is 0 Å². The minimum Gasteiger partial charge on any atom is -0.383 e. The van der Waals surface area contributed by atoms with Crippen LogP contribution in [0.15, 0.2) is 28.7 Å². The summed E-state index contributed by atoms with van der Waals surface area (Å²) in [6.45, 7) is 7.23. The van der Waals surface area contributed by atoms with Crippen LogP contribution < -0.4 is 0 Å². The fourth-order valence-electron chi connectivity index (χ4n) is 3.24. The van der Waals surface area contributed by atoms with Gasteiger partial charge in [0, 0.05) is 4.47 Å². The molecule has 1 aliphatic rings. The molecule has 0 atom stereocenters. The van der Waals surface area contributed by atoms with Crippen LogP contribution in [-0.2, 0) is 10.4 Å². The first-order valence-corrected chi connectivity index (χ1v) is 6.48. The van der Waals surface area contributed by atoms with Gasteiger partial charge < -0.3 is 5.11 Å². The summed E-state index contributed by atoms with van der Waals surface area (Å²) in [4.78, 5) is 12.1. The van der Waals surface area contributed by atoms with Crippen molar-refractivity contribution in [2.45, 2.75) is 33.3 Å². The molecule has 0 aromatic heterocycles. The van der Waals surface area contributed by atoms with Gasteiger partial charge in [-0.1, -0.05) is 28.1 Å². The SMILES string of the molecule is CC1(C)C(=O)C(C)(C)C1(O)c1ccc(Br)cc1. The largest absolute Gasteiger partial charge is 0.383 e. The summed E-state index contributed by atoms with van der Waals surface area (Å²) in [5.74, 6) is 0.107. The third-order valence-electron chi connectivity index (χ3n) is 4.21. The molecular formula is C14H17BrO2. The Hall–Kier alpha value is -0.670. The highest BCUT2D eigenvalue weighted by Gasteiger charge is 2.72. The zero-order chi connectivity index (χ0) is 13.1. The van der Waals surface area contributed by atoms with Crippen LogP contribution in [0, 0.1) is 10.8 Å². The van der Waals surface area contributed by atoms with Crippen LogP contribution in [-0.4, -0.2) is 10.9 Å². The molecule has 1 fully saturated rings. The summed E-state index contributed by atoms with van der Waals surface area (Å²) >= 11 is 3.37. The fourth-order valence-corrected chi connectivity index (χ4v) is 3.51. The molecule has 2 nitrogen and oxygen atoms in total. The Morgan fingerprint density at radius 3 is 1.82 bits per heavy atom. The van der Waals surface area contributed by atoms with Gasteiger partial charge in [-0.05, 0) is 45.4 Å². The summed E-state index contributed by atoms with van der Waals surface area (Å²) in [5.41, 5.74) is -1.76. The van der Waals surface area contributed by atoms with Crippen LogP contribution in [0.1, 0.15) is 33.3 Å². The Bertz CT molecular complexity index is 454. The Labute approximate surface area is 110 Å². The van der Waals surface area contributed by atoms with E-state index in [9.17, 15) is 9.90 Å². The average molecular weight is 297 g/mol. The maximum Gasteiger partial charge on any atom is 0.150 e. The third-order valence-corrected chi connectivity index (χ3v) is 4.73. The van der Waals surface area contributed by atoms with Crippen LogP contribution in [0.25, 0.3) is 0 Å². The predicted molar refractivity (Wildman–Crippen MR) is 70.6 cm³/mol. The summed E-state index contributed by atoms with van der Waals surface area (Å²) in [6, 6.07) is 7.53. The molecule has 0 spiro atoms. The Morgan fingerprint density at radius 1 is 1.00 bits per heavy atom. The van der Waals surface area contributed by atoms with Crippen LogP contribution in [0.2, 0.25) is 0 Å². The van der Waals surface area contributed by atoms with E-state index in [1.165, 1.54) is 0 Å². The van der Waals surface area contributed by atoms with Gasteiger partial charge in [-0.3, -0.25) is 4.79 Å². The highest BCUT2D eigenvalue weighted by Crippen LogP contribution is 2.63. The lowest BCUT2D eigenvalue weighted by Gasteiger charge is -2.62. The lowest BCUT2D eigenvalue weighted by Crippen LogP contribution is -2.71. The number of rotatable bonds is 1. The molecule has 0 aliphatic heterocycles. The van der Waals surface area contributed by atoms with E-state index in [0.717, 1.165) is 10.0 Å². The van der Waals surface area contributed by atoms with Gasteiger partial charge in [0.2, 0.25) is 0 Å². The fraction of sp³-hybridized carbons (Fsp3) is 0.500. The van der Waals surface area contributed by atoms with Crippen LogP contribution >= 0.6 is 15.9 Å². The number of benzene rings is 1. The van der Waals surface area contributed by atoms with Crippen molar-refractivity contribution < 1.29 is 9.90 Å². The van der Waals surface area contributed by atoms with E-state index in [1.54, 1.807) is 0 Å². The summed E-state index contributed by atoms with van der Waals surface area (Å²) in [7, 11) is 0. The Kier molecular flexibility index (Phi) is 2.57. The second-order valence-corrected chi connectivity index (χ2v) is 6.71. The van der Waals surface area contributed by atoms with Gasteiger partial charge in [0.25, 0.3) is 0 Å². The molecule has 17 heavy (non-hydrogen) atoms. The van der Waals surface area contributed by atoms with E-state index in [0.29, 0.717) is 0 Å². The maximum absolute atomic E-state index is 12.1. The van der Waals surface area contributed by atoms with Crippen molar-refractivity contribution in [3.05, 3.63) is 34.3 Å². The molecule has 0 bridgehead atoms. The molecule has 2 rings (SSSR count). The van der Waals surface area contributed by atoms with Gasteiger partial charge in [-0.2, -0.15) is 0 Å². The van der Waals surface area contributed by atoms with Crippen LogP contribution in [0.5, 0.6) is 0 Å². The van der Waals surface area contributed by atoms with Gasteiger partial charge in [-0.15, -0.1) is 0 Å². The quantitative estimate of drug-likeness (QED) is 0.864. The van der Waals surface area contributed by atoms with E-state index >= 15 is 0 Å². The molecule has 0 saturated heterocycles. The molecule has 1 aromatic carbocycles. The normalized spacial score (nSPS) is 24.2. The van der Waals surface area contributed by atoms with Crippen molar-refractivity contribution in [1.82, 2.24) is 0 Å². The monoisotopic (exact) mass is 296 g/mol. The summed E-state index contributed by atoms with van der Waals surface area (Å²) < 4.78 is 0.964. The standard InChI is InChI=1S/C14H17BrO2/c1-12(2)11(16)13(3,4)14(12,17)9-5-7-10(15)8-6-9/h5-8,17H,1-4H3. The molecule has 0 amide bonds. The molecular weight excluding hydrogens is 280 g/mol. The molecule has 1 aliphatic carbocycles. The van der Waals surface area contributed by atoms with Crippen LogP contribution in [0.4, 0.5) is 0 Å². The topological polar surface area (TPSA) is 37.3 Å². The van der Waals surface area contributed by atoms with Gasteiger partial charge in [0.05, 0.1) is 10.8 Å². The lowest BCUT2D eigenvalue weighted by atomic mass is 9.42. The molecule has 1 saturated carbocycles. The van der Waals surface area contributed by atoms with E-state index in [4.69, 9.17) is 0 Å². The lowest BCUT2D eigenvalue weighted by molar-refractivity contribution is -0.230. The molecule has 3 heteroatoms. The number of hydrogen-bond donors (Lipinski definition) is 1. The Balaban J connectivity index is 2.56. The zero-order valence-electron chi connectivity index (χ0n) is 10.5. The summed E-state index contributed by atoms with van der Waals surface area (Å²) in [5, 5.41) is 11.0. The van der Waals surface area contributed by atoms with E-state index in [2.05, 4.69) is 15.9 Å². The highest BCUT2D eigenvalue weighted by atomic mass is 79.9. The number of ketones is 1. The minimum atomic E-state index is -1.10. The van der Waals surface area contributed by atoms with Crippen molar-refractivity contribution in [3.63, 3.8) is 0 Å². The average Bonchev–Trinajstić information content (AvgIpc) is 2.27.